The lowest BCUT2D eigenvalue weighted by molar-refractivity contribution is -0.131. The molecule has 1 N–H and O–H groups in total. The maximum Gasteiger partial charge on any atom is 0.340 e. The minimum Gasteiger partial charge on any atom is -0.452 e. The Morgan fingerprint density at radius 2 is 1.74 bits per heavy atom. The fourth-order valence-electron chi connectivity index (χ4n) is 1.79. The van der Waals surface area contributed by atoms with Crippen LogP contribution in [0, 0.1) is 5.82 Å². The molecule has 0 atom stereocenters. The van der Waals surface area contributed by atoms with E-state index in [1.54, 1.807) is 50.5 Å². The van der Waals surface area contributed by atoms with E-state index >= 15 is 0 Å². The zero-order valence-electron chi connectivity index (χ0n) is 12.9. The van der Waals surface area contributed by atoms with Crippen LogP contribution in [0.15, 0.2) is 48.5 Å². The second-order valence-electron chi connectivity index (χ2n) is 5.04. The molecule has 6 heteroatoms. The van der Waals surface area contributed by atoms with E-state index in [0.717, 1.165) is 0 Å². The van der Waals surface area contributed by atoms with Gasteiger partial charge in [-0.25, -0.2) is 9.18 Å². The molecule has 1 amide bonds. The number of amides is 1. The zero-order chi connectivity index (χ0) is 16.8. The molecule has 0 radical (unpaired) electrons. The number of rotatable bonds is 5. The molecular weight excluding hydrogens is 299 g/mol. The summed E-state index contributed by atoms with van der Waals surface area (Å²) < 4.78 is 18.0. The highest BCUT2D eigenvalue weighted by Gasteiger charge is 2.15. The Hall–Kier alpha value is -2.89. The number of ether oxygens (including phenoxy) is 1. The largest absolute Gasteiger partial charge is 0.452 e. The van der Waals surface area contributed by atoms with Crippen molar-refractivity contribution in [3.8, 4) is 0 Å². The highest BCUT2D eigenvalue weighted by Crippen LogP contribution is 2.21. The molecule has 0 aliphatic rings. The van der Waals surface area contributed by atoms with Crippen LogP contribution in [-0.2, 0) is 9.53 Å². The highest BCUT2D eigenvalue weighted by molar-refractivity contribution is 5.97. The maximum atomic E-state index is 12.9. The van der Waals surface area contributed by atoms with Crippen LogP contribution in [0.1, 0.15) is 10.4 Å². The van der Waals surface area contributed by atoms with E-state index in [1.807, 2.05) is 0 Å². The van der Waals surface area contributed by atoms with Gasteiger partial charge in [-0.15, -0.1) is 0 Å². The van der Waals surface area contributed by atoms with Crippen LogP contribution in [0.5, 0.6) is 0 Å². The van der Waals surface area contributed by atoms with Crippen LogP contribution < -0.4 is 5.32 Å². The molecule has 2 rings (SSSR count). The Kier molecular flexibility index (Phi) is 5.30. The molecule has 0 saturated carbocycles. The number of benzene rings is 2. The van der Waals surface area contributed by atoms with Gasteiger partial charge in [-0.1, -0.05) is 12.1 Å². The van der Waals surface area contributed by atoms with E-state index in [0.29, 0.717) is 16.9 Å². The summed E-state index contributed by atoms with van der Waals surface area (Å²) in [4.78, 5) is 25.0. The van der Waals surface area contributed by atoms with Crippen LogP contribution in [0.3, 0.4) is 0 Å². The van der Waals surface area contributed by atoms with Gasteiger partial charge in [-0.05, 0) is 36.4 Å². The number of carbonyl (C=O) groups is 2. The average Bonchev–Trinajstić information content (AvgIpc) is 2.54. The van der Waals surface area contributed by atoms with Crippen LogP contribution in [0.2, 0.25) is 0 Å². The van der Waals surface area contributed by atoms with Gasteiger partial charge in [-0.2, -0.15) is 0 Å². The van der Waals surface area contributed by atoms with Crippen LogP contribution in [0.4, 0.5) is 15.8 Å². The molecule has 120 valence electrons. The summed E-state index contributed by atoms with van der Waals surface area (Å²) in [5.74, 6) is -1.25. The number of para-hydroxylation sites is 1. The molecule has 23 heavy (non-hydrogen) atoms. The van der Waals surface area contributed by atoms with E-state index < -0.39 is 5.97 Å². The maximum absolute atomic E-state index is 12.9. The van der Waals surface area contributed by atoms with Crippen molar-refractivity contribution in [2.45, 2.75) is 0 Å². The molecule has 0 aliphatic carbocycles. The van der Waals surface area contributed by atoms with E-state index in [1.165, 1.54) is 17.0 Å². The number of nitrogens with one attached hydrogen (secondary N) is 1. The number of likely N-dealkylation sites (N-methyl/N-ethyl adjacent to an activating group) is 1. The number of halogens is 1. The van der Waals surface area contributed by atoms with Gasteiger partial charge >= 0.3 is 5.97 Å². The summed E-state index contributed by atoms with van der Waals surface area (Å²) in [6.45, 7) is -0.323. The normalized spacial score (nSPS) is 10.0. The van der Waals surface area contributed by atoms with Crippen molar-refractivity contribution >= 4 is 23.3 Å². The van der Waals surface area contributed by atoms with Crippen molar-refractivity contribution < 1.29 is 18.7 Å². The molecule has 5 nitrogen and oxygen atoms in total. The third-order valence-electron chi connectivity index (χ3n) is 3.10. The fourth-order valence-corrected chi connectivity index (χ4v) is 1.79. The first-order valence-corrected chi connectivity index (χ1v) is 6.96. The molecule has 0 bridgehead atoms. The van der Waals surface area contributed by atoms with Crippen molar-refractivity contribution in [2.24, 2.45) is 0 Å². The molecule has 0 spiro atoms. The van der Waals surface area contributed by atoms with E-state index in [-0.39, 0.29) is 18.3 Å². The Bertz CT molecular complexity index is 699. The topological polar surface area (TPSA) is 58.6 Å². The third kappa shape index (κ3) is 4.54. The fraction of sp³-hybridized carbons (Fsp3) is 0.176. The lowest BCUT2D eigenvalue weighted by Crippen LogP contribution is -2.27. The Labute approximate surface area is 133 Å². The summed E-state index contributed by atoms with van der Waals surface area (Å²) in [6, 6.07) is 12.5. The quantitative estimate of drug-likeness (QED) is 0.862. The van der Waals surface area contributed by atoms with Crippen molar-refractivity contribution in [1.82, 2.24) is 4.90 Å². The van der Waals surface area contributed by atoms with Gasteiger partial charge in [0.25, 0.3) is 5.91 Å². The smallest absolute Gasteiger partial charge is 0.340 e. The van der Waals surface area contributed by atoms with Crippen molar-refractivity contribution in [3.05, 3.63) is 59.9 Å². The predicted molar refractivity (Wildman–Crippen MR) is 85.1 cm³/mol. The number of hydrogen-bond donors (Lipinski definition) is 1. The predicted octanol–water partition coefficient (Wildman–Crippen LogP) is 2.81. The number of nitrogens with zero attached hydrogens (tertiary/aromatic N) is 1. The molecule has 0 fully saturated rings. The summed E-state index contributed by atoms with van der Waals surface area (Å²) in [6.07, 6.45) is 0. The van der Waals surface area contributed by atoms with Crippen molar-refractivity contribution in [2.75, 3.05) is 26.0 Å². The summed E-state index contributed by atoms with van der Waals surface area (Å²) in [5, 5.41) is 3.03. The molecule has 2 aromatic carbocycles. The SMILES string of the molecule is CN(C)C(=O)COC(=O)c1ccccc1Nc1ccc(F)cc1. The lowest BCUT2D eigenvalue weighted by Gasteiger charge is -2.13. The highest BCUT2D eigenvalue weighted by atomic mass is 19.1. The number of hydrogen-bond acceptors (Lipinski definition) is 4. The standard InChI is InChI=1S/C17H17FN2O3/c1-20(2)16(21)11-23-17(22)14-5-3-4-6-15(14)19-13-9-7-12(18)8-10-13/h3-10,19H,11H2,1-2H3. The lowest BCUT2D eigenvalue weighted by atomic mass is 10.1. The second-order valence-corrected chi connectivity index (χ2v) is 5.04. The van der Waals surface area contributed by atoms with Crippen molar-refractivity contribution in [1.29, 1.82) is 0 Å². The van der Waals surface area contributed by atoms with E-state index in [9.17, 15) is 14.0 Å². The Balaban J connectivity index is 2.12. The molecule has 0 aliphatic heterocycles. The minimum absolute atomic E-state index is 0.295. The third-order valence-corrected chi connectivity index (χ3v) is 3.10. The first-order chi connectivity index (χ1) is 11.0. The van der Waals surface area contributed by atoms with E-state index in [2.05, 4.69) is 5.32 Å². The van der Waals surface area contributed by atoms with Gasteiger partial charge in [0.15, 0.2) is 6.61 Å². The monoisotopic (exact) mass is 316 g/mol. The molecule has 2 aromatic rings. The molecule has 0 aromatic heterocycles. The summed E-state index contributed by atoms with van der Waals surface area (Å²) in [5.41, 5.74) is 1.45. The second kappa shape index (κ2) is 7.40. The number of carbonyl (C=O) groups excluding carboxylic acids is 2. The van der Waals surface area contributed by atoms with Gasteiger partial charge in [0.1, 0.15) is 5.82 Å². The first kappa shape index (κ1) is 16.5. The van der Waals surface area contributed by atoms with Gasteiger partial charge in [0.2, 0.25) is 0 Å². The summed E-state index contributed by atoms with van der Waals surface area (Å²) >= 11 is 0. The van der Waals surface area contributed by atoms with Crippen LogP contribution >= 0.6 is 0 Å². The Morgan fingerprint density at radius 1 is 1.09 bits per heavy atom. The molecule has 0 heterocycles. The minimum atomic E-state index is -0.606. The number of esters is 1. The molecule has 0 unspecified atom stereocenters. The van der Waals surface area contributed by atoms with Gasteiger partial charge < -0.3 is 15.0 Å². The van der Waals surface area contributed by atoms with Crippen molar-refractivity contribution in [3.63, 3.8) is 0 Å². The van der Waals surface area contributed by atoms with Crippen LogP contribution in [-0.4, -0.2) is 37.5 Å². The van der Waals surface area contributed by atoms with Gasteiger partial charge in [-0.3, -0.25) is 4.79 Å². The van der Waals surface area contributed by atoms with E-state index in [4.69, 9.17) is 4.74 Å². The Morgan fingerprint density at radius 3 is 2.39 bits per heavy atom. The first-order valence-electron chi connectivity index (χ1n) is 6.96. The zero-order valence-corrected chi connectivity index (χ0v) is 12.9. The number of anilines is 2. The summed E-state index contributed by atoms with van der Waals surface area (Å²) in [7, 11) is 3.17. The molecule has 0 saturated heterocycles. The average molecular weight is 316 g/mol. The van der Waals surface area contributed by atoms with Gasteiger partial charge in [0.05, 0.1) is 11.3 Å². The van der Waals surface area contributed by atoms with Gasteiger partial charge in [0, 0.05) is 19.8 Å². The molecular formula is C17H17FN2O3. The van der Waals surface area contributed by atoms with Crippen LogP contribution in [0.25, 0.3) is 0 Å².